The minimum atomic E-state index is -0.398. The predicted molar refractivity (Wildman–Crippen MR) is 71.4 cm³/mol. The summed E-state index contributed by atoms with van der Waals surface area (Å²) in [6, 6.07) is 4.71. The summed E-state index contributed by atoms with van der Waals surface area (Å²) < 4.78 is 13.9. The summed E-state index contributed by atoms with van der Waals surface area (Å²) in [6.07, 6.45) is 4.78. The first kappa shape index (κ1) is 12.3. The van der Waals surface area contributed by atoms with Crippen molar-refractivity contribution in [3.8, 4) is 0 Å². The van der Waals surface area contributed by atoms with Crippen LogP contribution >= 0.6 is 0 Å². The fraction of sp³-hybridized carbons (Fsp3) is 0.429. The van der Waals surface area contributed by atoms with Crippen molar-refractivity contribution in [3.05, 3.63) is 30.3 Å². The lowest BCUT2D eigenvalue weighted by molar-refractivity contribution is 0.116. The van der Waals surface area contributed by atoms with Gasteiger partial charge in [-0.25, -0.2) is 14.4 Å². The number of hydrogen-bond acceptors (Lipinski definition) is 4. The number of nitrogens with one attached hydrogen (secondary N) is 1. The van der Waals surface area contributed by atoms with Gasteiger partial charge in [0.05, 0.1) is 23.0 Å². The van der Waals surface area contributed by atoms with E-state index in [-0.39, 0.29) is 11.9 Å². The highest BCUT2D eigenvalue weighted by Crippen LogP contribution is 2.26. The molecule has 1 aromatic carbocycles. The van der Waals surface area contributed by atoms with E-state index < -0.39 is 6.10 Å². The highest BCUT2D eigenvalue weighted by Gasteiger charge is 2.24. The predicted octanol–water partition coefficient (Wildman–Crippen LogP) is 2.48. The fourth-order valence-corrected chi connectivity index (χ4v) is 2.63. The van der Waals surface area contributed by atoms with Gasteiger partial charge in [-0.3, -0.25) is 0 Å². The number of benzene rings is 1. The van der Waals surface area contributed by atoms with Crippen LogP contribution in [0.3, 0.4) is 0 Å². The van der Waals surface area contributed by atoms with Crippen molar-refractivity contribution in [2.45, 2.75) is 37.8 Å². The van der Waals surface area contributed by atoms with Gasteiger partial charge in [0.25, 0.3) is 0 Å². The Morgan fingerprint density at radius 2 is 2.05 bits per heavy atom. The van der Waals surface area contributed by atoms with Crippen molar-refractivity contribution < 1.29 is 9.50 Å². The average Bonchev–Trinajstić information content (AvgIpc) is 2.42. The fourth-order valence-electron chi connectivity index (χ4n) is 2.63. The molecule has 0 spiro atoms. The number of aromatic nitrogens is 2. The maximum absolute atomic E-state index is 13.9. The molecular weight excluding hydrogens is 245 g/mol. The quantitative estimate of drug-likeness (QED) is 0.872. The Kier molecular flexibility index (Phi) is 3.29. The van der Waals surface area contributed by atoms with Gasteiger partial charge in [0.2, 0.25) is 0 Å². The van der Waals surface area contributed by atoms with Gasteiger partial charge in [0.1, 0.15) is 18.0 Å². The van der Waals surface area contributed by atoms with Gasteiger partial charge in [-0.2, -0.15) is 0 Å². The second-order valence-electron chi connectivity index (χ2n) is 4.96. The van der Waals surface area contributed by atoms with Crippen LogP contribution in [0, 0.1) is 5.82 Å². The monoisotopic (exact) mass is 261 g/mol. The van der Waals surface area contributed by atoms with E-state index in [4.69, 9.17) is 0 Å². The SMILES string of the molecule is O[C@@H]1CCCC[C@@H]1Nc1ncnc2cccc(F)c12. The molecule has 0 bridgehead atoms. The Bertz CT molecular complexity index is 585. The van der Waals surface area contributed by atoms with E-state index in [1.165, 1.54) is 12.4 Å². The Morgan fingerprint density at radius 1 is 1.21 bits per heavy atom. The zero-order valence-electron chi connectivity index (χ0n) is 10.5. The van der Waals surface area contributed by atoms with E-state index >= 15 is 0 Å². The molecule has 1 aromatic heterocycles. The minimum absolute atomic E-state index is 0.0635. The second-order valence-corrected chi connectivity index (χ2v) is 4.96. The number of hydrogen-bond donors (Lipinski definition) is 2. The Balaban J connectivity index is 1.96. The van der Waals surface area contributed by atoms with E-state index in [1.807, 2.05) is 0 Å². The topological polar surface area (TPSA) is 58.0 Å². The molecule has 1 saturated carbocycles. The van der Waals surface area contributed by atoms with Gasteiger partial charge in [0, 0.05) is 0 Å². The Hall–Kier alpha value is -1.75. The molecule has 19 heavy (non-hydrogen) atoms. The lowest BCUT2D eigenvalue weighted by Crippen LogP contribution is -2.36. The molecule has 1 fully saturated rings. The molecule has 2 atom stereocenters. The number of fused-ring (bicyclic) bond motifs is 1. The molecule has 0 unspecified atom stereocenters. The summed E-state index contributed by atoms with van der Waals surface area (Å²) in [6.45, 7) is 0. The maximum Gasteiger partial charge on any atom is 0.140 e. The first-order valence-electron chi connectivity index (χ1n) is 6.59. The second kappa shape index (κ2) is 5.09. The lowest BCUT2D eigenvalue weighted by Gasteiger charge is -2.29. The van der Waals surface area contributed by atoms with Crippen LogP contribution in [0.15, 0.2) is 24.5 Å². The summed E-state index contributed by atoms with van der Waals surface area (Å²) >= 11 is 0. The number of anilines is 1. The molecule has 1 aliphatic rings. The van der Waals surface area contributed by atoms with Crippen molar-refractivity contribution in [2.24, 2.45) is 0 Å². The summed E-state index contributed by atoms with van der Waals surface area (Å²) in [4.78, 5) is 8.18. The van der Waals surface area contributed by atoms with E-state index in [2.05, 4.69) is 15.3 Å². The van der Waals surface area contributed by atoms with Crippen LogP contribution < -0.4 is 5.32 Å². The molecule has 100 valence electrons. The highest BCUT2D eigenvalue weighted by molar-refractivity contribution is 5.89. The van der Waals surface area contributed by atoms with Crippen molar-refractivity contribution in [3.63, 3.8) is 0 Å². The molecule has 2 aromatic rings. The third-order valence-corrected chi connectivity index (χ3v) is 3.66. The van der Waals surface area contributed by atoms with Gasteiger partial charge in [-0.15, -0.1) is 0 Å². The Morgan fingerprint density at radius 3 is 2.89 bits per heavy atom. The van der Waals surface area contributed by atoms with Crippen LogP contribution in [0.5, 0.6) is 0 Å². The molecule has 0 radical (unpaired) electrons. The van der Waals surface area contributed by atoms with Crippen LogP contribution in [0.25, 0.3) is 10.9 Å². The third-order valence-electron chi connectivity index (χ3n) is 3.66. The first-order valence-corrected chi connectivity index (χ1v) is 6.59. The van der Waals surface area contributed by atoms with Gasteiger partial charge >= 0.3 is 0 Å². The van der Waals surface area contributed by atoms with Crippen LogP contribution in [-0.4, -0.2) is 27.2 Å². The zero-order valence-corrected chi connectivity index (χ0v) is 10.5. The molecule has 1 aliphatic carbocycles. The van der Waals surface area contributed by atoms with Crippen molar-refractivity contribution in [1.29, 1.82) is 0 Å². The molecule has 0 saturated heterocycles. The minimum Gasteiger partial charge on any atom is -0.391 e. The maximum atomic E-state index is 13.9. The number of halogens is 1. The summed E-state index contributed by atoms with van der Waals surface area (Å²) in [5.74, 6) is 0.125. The summed E-state index contributed by atoms with van der Waals surface area (Å²) in [5.41, 5.74) is 0.572. The van der Waals surface area contributed by atoms with Gasteiger partial charge in [-0.05, 0) is 25.0 Å². The molecule has 0 amide bonds. The molecule has 1 heterocycles. The number of nitrogens with zero attached hydrogens (tertiary/aromatic N) is 2. The molecular formula is C14H16FN3O. The molecule has 5 heteroatoms. The van der Waals surface area contributed by atoms with E-state index in [0.717, 1.165) is 25.7 Å². The van der Waals surface area contributed by atoms with Crippen molar-refractivity contribution >= 4 is 16.7 Å². The van der Waals surface area contributed by atoms with Crippen LogP contribution in [0.1, 0.15) is 25.7 Å². The Labute approximate surface area is 110 Å². The number of rotatable bonds is 2. The lowest BCUT2D eigenvalue weighted by atomic mass is 9.92. The van der Waals surface area contributed by atoms with Crippen molar-refractivity contribution in [1.82, 2.24) is 9.97 Å². The summed E-state index contributed by atoms with van der Waals surface area (Å²) in [5, 5.41) is 13.5. The number of aliphatic hydroxyl groups excluding tert-OH is 1. The first-order chi connectivity index (χ1) is 9.25. The van der Waals surface area contributed by atoms with Gasteiger partial charge in [0.15, 0.2) is 0 Å². The smallest absolute Gasteiger partial charge is 0.140 e. The van der Waals surface area contributed by atoms with Gasteiger partial charge in [-0.1, -0.05) is 18.9 Å². The van der Waals surface area contributed by atoms with Gasteiger partial charge < -0.3 is 10.4 Å². The standard InChI is InChI=1S/C14H16FN3O/c15-9-4-3-6-11-13(9)14(17-8-16-11)18-10-5-1-2-7-12(10)19/h3-4,6,8,10,12,19H,1-2,5,7H2,(H,16,17,18)/t10-,12+/m0/s1. The van der Waals surface area contributed by atoms with Crippen LogP contribution in [-0.2, 0) is 0 Å². The van der Waals surface area contributed by atoms with E-state index in [1.54, 1.807) is 12.1 Å². The highest BCUT2D eigenvalue weighted by atomic mass is 19.1. The van der Waals surface area contributed by atoms with Crippen LogP contribution in [0.2, 0.25) is 0 Å². The molecule has 3 rings (SSSR count). The summed E-state index contributed by atoms with van der Waals surface area (Å²) in [7, 11) is 0. The van der Waals surface area contributed by atoms with E-state index in [9.17, 15) is 9.50 Å². The van der Waals surface area contributed by atoms with E-state index in [0.29, 0.717) is 16.7 Å². The van der Waals surface area contributed by atoms with Crippen LogP contribution in [0.4, 0.5) is 10.2 Å². The number of aliphatic hydroxyl groups is 1. The molecule has 4 nitrogen and oxygen atoms in total. The van der Waals surface area contributed by atoms with Crippen molar-refractivity contribution in [2.75, 3.05) is 5.32 Å². The normalized spacial score (nSPS) is 23.5. The molecule has 0 aliphatic heterocycles. The third kappa shape index (κ3) is 2.38. The average molecular weight is 261 g/mol. The largest absolute Gasteiger partial charge is 0.391 e. The molecule has 2 N–H and O–H groups in total. The zero-order chi connectivity index (χ0) is 13.2.